The second-order valence-electron chi connectivity index (χ2n) is 6.60. The number of pyridine rings is 2. The Balaban J connectivity index is 0.000000221. The maximum atomic E-state index is 13.5. The van der Waals surface area contributed by atoms with E-state index in [9.17, 15) is 13.6 Å². The number of H-pyrrole nitrogens is 1. The highest BCUT2D eigenvalue weighted by atomic mass is 35.5. The predicted octanol–water partition coefficient (Wildman–Crippen LogP) is 6.21. The van der Waals surface area contributed by atoms with Gasteiger partial charge >= 0.3 is 0 Å². The zero-order valence-corrected chi connectivity index (χ0v) is 15.9. The van der Waals surface area contributed by atoms with Crippen LogP contribution in [0.4, 0.5) is 8.78 Å². The molecular weight excluding hydrogens is 393 g/mol. The molecule has 7 heteroatoms. The van der Waals surface area contributed by atoms with Gasteiger partial charge in [0.1, 0.15) is 0 Å². The summed E-state index contributed by atoms with van der Waals surface area (Å²) in [5.74, 6) is -2.89. The summed E-state index contributed by atoms with van der Waals surface area (Å²) < 4.78 is 26.9. The van der Waals surface area contributed by atoms with Crippen molar-refractivity contribution in [1.29, 1.82) is 0 Å². The summed E-state index contributed by atoms with van der Waals surface area (Å²) in [5, 5.41) is 1.85. The average molecular weight is 411 g/mol. The molecule has 3 aromatic rings. The highest BCUT2D eigenvalue weighted by Crippen LogP contribution is 2.41. The maximum Gasteiger partial charge on any atom is 0.248 e. The Kier molecular flexibility index (Phi) is 6.12. The molecule has 1 saturated carbocycles. The number of halogens is 4. The number of fused-ring (bicyclic) bond motifs is 1. The summed E-state index contributed by atoms with van der Waals surface area (Å²) in [6, 6.07) is 10.2. The van der Waals surface area contributed by atoms with Crippen LogP contribution in [0.25, 0.3) is 10.9 Å². The predicted molar refractivity (Wildman–Crippen MR) is 105 cm³/mol. The highest BCUT2D eigenvalue weighted by molar-refractivity contribution is 6.34. The van der Waals surface area contributed by atoms with E-state index in [1.54, 1.807) is 30.5 Å². The van der Waals surface area contributed by atoms with Crippen molar-refractivity contribution >= 4 is 34.1 Å². The van der Waals surface area contributed by atoms with Gasteiger partial charge in [0.15, 0.2) is 5.43 Å². The molecule has 27 heavy (non-hydrogen) atoms. The number of hydrogen-bond acceptors (Lipinski definition) is 2. The van der Waals surface area contributed by atoms with E-state index in [2.05, 4.69) is 9.97 Å². The van der Waals surface area contributed by atoms with E-state index in [0.29, 0.717) is 39.5 Å². The number of benzene rings is 1. The summed E-state index contributed by atoms with van der Waals surface area (Å²) in [7, 11) is 0. The van der Waals surface area contributed by atoms with Crippen LogP contribution in [0.1, 0.15) is 37.3 Å². The van der Waals surface area contributed by atoms with Gasteiger partial charge in [-0.25, -0.2) is 8.78 Å². The van der Waals surface area contributed by atoms with Gasteiger partial charge in [0, 0.05) is 53.0 Å². The van der Waals surface area contributed by atoms with E-state index < -0.39 is 5.92 Å². The molecule has 1 atom stereocenters. The number of aromatic amines is 1. The van der Waals surface area contributed by atoms with Crippen molar-refractivity contribution < 1.29 is 8.78 Å². The smallest absolute Gasteiger partial charge is 0.248 e. The topological polar surface area (TPSA) is 45.8 Å². The van der Waals surface area contributed by atoms with Crippen molar-refractivity contribution in [1.82, 2.24) is 9.97 Å². The molecule has 1 aliphatic rings. The van der Waals surface area contributed by atoms with Crippen LogP contribution < -0.4 is 5.43 Å². The lowest BCUT2D eigenvalue weighted by Crippen LogP contribution is -2.26. The fourth-order valence-corrected chi connectivity index (χ4v) is 3.66. The third kappa shape index (κ3) is 5.27. The van der Waals surface area contributed by atoms with Crippen LogP contribution in [0.15, 0.2) is 53.6 Å². The minimum atomic E-state index is -2.62. The van der Waals surface area contributed by atoms with Crippen LogP contribution >= 0.6 is 23.2 Å². The second-order valence-corrected chi connectivity index (χ2v) is 7.47. The molecule has 4 rings (SSSR count). The van der Waals surface area contributed by atoms with Crippen LogP contribution in [-0.2, 0) is 0 Å². The van der Waals surface area contributed by atoms with Gasteiger partial charge in [0.25, 0.3) is 0 Å². The first-order chi connectivity index (χ1) is 12.8. The maximum absolute atomic E-state index is 13.5. The zero-order chi connectivity index (χ0) is 19.4. The van der Waals surface area contributed by atoms with Crippen LogP contribution in [0, 0.1) is 0 Å². The molecule has 1 aliphatic carbocycles. The van der Waals surface area contributed by atoms with E-state index in [1.807, 2.05) is 6.07 Å². The molecule has 142 valence electrons. The van der Waals surface area contributed by atoms with E-state index in [-0.39, 0.29) is 24.2 Å². The van der Waals surface area contributed by atoms with Crippen LogP contribution in [0.3, 0.4) is 0 Å². The molecule has 2 aromatic heterocycles. The van der Waals surface area contributed by atoms with Gasteiger partial charge in [-0.15, -0.1) is 0 Å². The molecule has 0 saturated heterocycles. The number of nitrogens with zero attached hydrogens (tertiary/aromatic N) is 1. The lowest BCUT2D eigenvalue weighted by molar-refractivity contribution is -0.0412. The number of alkyl halides is 2. The Morgan fingerprint density at radius 3 is 2.52 bits per heavy atom. The minimum absolute atomic E-state index is 0.0504. The number of rotatable bonds is 1. The van der Waals surface area contributed by atoms with Crippen molar-refractivity contribution in [3.05, 3.63) is 74.8 Å². The summed E-state index contributed by atoms with van der Waals surface area (Å²) in [5.41, 5.74) is 1.11. The van der Waals surface area contributed by atoms with Crippen molar-refractivity contribution in [2.24, 2.45) is 0 Å². The molecule has 3 nitrogen and oxygen atoms in total. The average Bonchev–Trinajstić information content (AvgIpc) is 2.61. The van der Waals surface area contributed by atoms with Gasteiger partial charge in [0.2, 0.25) is 5.92 Å². The van der Waals surface area contributed by atoms with Gasteiger partial charge < -0.3 is 4.98 Å². The molecule has 0 unspecified atom stereocenters. The second kappa shape index (κ2) is 8.36. The van der Waals surface area contributed by atoms with Gasteiger partial charge in [-0.1, -0.05) is 29.3 Å². The first kappa shape index (κ1) is 19.8. The number of hydrogen-bond donors (Lipinski definition) is 1. The number of nitrogens with one attached hydrogen (secondary N) is 1. The lowest BCUT2D eigenvalue weighted by Gasteiger charge is -2.28. The van der Waals surface area contributed by atoms with Crippen molar-refractivity contribution in [3.63, 3.8) is 0 Å². The zero-order valence-electron chi connectivity index (χ0n) is 14.4. The Morgan fingerprint density at radius 1 is 1.15 bits per heavy atom. The van der Waals surface area contributed by atoms with Gasteiger partial charge in [-0.2, -0.15) is 0 Å². The van der Waals surface area contributed by atoms with Gasteiger partial charge in [-0.05, 0) is 37.1 Å². The lowest BCUT2D eigenvalue weighted by atomic mass is 9.84. The quantitative estimate of drug-likeness (QED) is 0.518. The van der Waals surface area contributed by atoms with Crippen LogP contribution in [0.2, 0.25) is 10.0 Å². The Bertz CT molecular complexity index is 974. The van der Waals surface area contributed by atoms with Gasteiger partial charge in [-0.3, -0.25) is 9.78 Å². The molecule has 0 aliphatic heterocycles. The molecule has 0 radical (unpaired) electrons. The fourth-order valence-electron chi connectivity index (χ4n) is 3.23. The molecule has 1 N–H and O–H groups in total. The standard InChI is InChI=1S/C14H14F2N2O.C6H4Cl2/c15-14(16)4-1-2-9(7-14)12-6-13(19)10-8-17-5-3-11(10)18-12;7-5-2-1-3-6(8)4-5/h3,5-6,8-9H,1-2,4,7H2,(H,18,19);1-4H/t9-;/m0./s1. The molecule has 0 spiro atoms. The first-order valence-corrected chi connectivity index (χ1v) is 9.35. The molecule has 1 fully saturated rings. The van der Waals surface area contributed by atoms with E-state index in [0.717, 1.165) is 0 Å². The van der Waals surface area contributed by atoms with E-state index >= 15 is 0 Å². The first-order valence-electron chi connectivity index (χ1n) is 8.60. The third-order valence-corrected chi connectivity index (χ3v) is 4.99. The van der Waals surface area contributed by atoms with Crippen LogP contribution in [0.5, 0.6) is 0 Å². The van der Waals surface area contributed by atoms with E-state index in [4.69, 9.17) is 23.2 Å². The van der Waals surface area contributed by atoms with Gasteiger partial charge in [0.05, 0.1) is 10.9 Å². The van der Waals surface area contributed by atoms with Crippen molar-refractivity contribution in [2.75, 3.05) is 0 Å². The largest absolute Gasteiger partial charge is 0.358 e. The molecule has 2 heterocycles. The monoisotopic (exact) mass is 410 g/mol. The summed E-state index contributed by atoms with van der Waals surface area (Å²) in [6.45, 7) is 0. The SMILES string of the molecule is Clc1cccc(Cl)c1.O=c1cc([C@H]2CCCC(F)(F)C2)[nH]c2ccncc12. The summed E-state index contributed by atoms with van der Waals surface area (Å²) >= 11 is 11.1. The normalized spacial score (nSPS) is 18.6. The van der Waals surface area contributed by atoms with Crippen LogP contribution in [-0.4, -0.2) is 15.9 Å². The minimum Gasteiger partial charge on any atom is -0.358 e. The molecule has 0 bridgehead atoms. The van der Waals surface area contributed by atoms with Crippen molar-refractivity contribution in [3.8, 4) is 0 Å². The third-order valence-electron chi connectivity index (χ3n) is 4.52. The fraction of sp³-hybridized carbons (Fsp3) is 0.300. The Morgan fingerprint density at radius 2 is 1.89 bits per heavy atom. The molecular formula is C20H18Cl2F2N2O. The molecule has 0 amide bonds. The number of aromatic nitrogens is 2. The summed E-state index contributed by atoms with van der Waals surface area (Å²) in [6.07, 6.45) is 4.03. The molecule has 1 aromatic carbocycles. The Hall–Kier alpha value is -1.98. The van der Waals surface area contributed by atoms with E-state index in [1.165, 1.54) is 12.3 Å². The highest BCUT2D eigenvalue weighted by Gasteiger charge is 2.37. The summed E-state index contributed by atoms with van der Waals surface area (Å²) in [4.78, 5) is 19.0. The Labute approximate surface area is 165 Å². The van der Waals surface area contributed by atoms with Crippen molar-refractivity contribution in [2.45, 2.75) is 37.5 Å².